The number of likely N-dealkylation sites (N-methyl/N-ethyl adjacent to an activating group) is 1. The summed E-state index contributed by atoms with van der Waals surface area (Å²) in [6, 6.07) is 13.3. The zero-order valence-electron chi connectivity index (χ0n) is 14.9. The Morgan fingerprint density at radius 3 is 2.77 bits per heavy atom. The molecule has 1 aliphatic heterocycles. The van der Waals surface area contributed by atoms with E-state index in [9.17, 15) is 9.18 Å². The SMILES string of the molecule is Cc1c(C(=O)NC[C@H]2Cc3ccccc3CN2C)oc2c(F)cccc12. The number of fused-ring (bicyclic) bond motifs is 2. The van der Waals surface area contributed by atoms with Crippen molar-refractivity contribution in [1.82, 2.24) is 10.2 Å². The molecule has 4 nitrogen and oxygen atoms in total. The topological polar surface area (TPSA) is 45.5 Å². The molecule has 1 atom stereocenters. The molecule has 26 heavy (non-hydrogen) atoms. The van der Waals surface area contributed by atoms with Crippen molar-refractivity contribution < 1.29 is 13.6 Å². The fourth-order valence-electron chi connectivity index (χ4n) is 3.66. The van der Waals surface area contributed by atoms with Gasteiger partial charge in [-0.1, -0.05) is 36.4 Å². The minimum Gasteiger partial charge on any atom is -0.448 e. The predicted octanol–water partition coefficient (Wildman–Crippen LogP) is 3.67. The second kappa shape index (κ2) is 6.57. The molecular weight excluding hydrogens is 331 g/mol. The molecule has 0 spiro atoms. The number of para-hydroxylation sites is 1. The molecule has 1 N–H and O–H groups in total. The third kappa shape index (κ3) is 2.88. The van der Waals surface area contributed by atoms with Gasteiger partial charge in [0.2, 0.25) is 0 Å². The van der Waals surface area contributed by atoms with E-state index in [1.807, 2.05) is 6.07 Å². The number of hydrogen-bond donors (Lipinski definition) is 1. The zero-order chi connectivity index (χ0) is 18.3. The van der Waals surface area contributed by atoms with Crippen LogP contribution in [0.15, 0.2) is 46.9 Å². The summed E-state index contributed by atoms with van der Waals surface area (Å²) in [5, 5.41) is 3.59. The molecule has 4 rings (SSSR count). The number of nitrogens with zero attached hydrogens (tertiary/aromatic N) is 1. The van der Waals surface area contributed by atoms with Gasteiger partial charge >= 0.3 is 0 Å². The quantitative estimate of drug-likeness (QED) is 0.782. The lowest BCUT2D eigenvalue weighted by molar-refractivity contribution is 0.0908. The summed E-state index contributed by atoms with van der Waals surface area (Å²) in [6.07, 6.45) is 0.890. The van der Waals surface area contributed by atoms with Gasteiger partial charge in [-0.25, -0.2) is 4.39 Å². The van der Waals surface area contributed by atoms with E-state index in [2.05, 4.69) is 35.5 Å². The van der Waals surface area contributed by atoms with Crippen molar-refractivity contribution in [2.24, 2.45) is 0 Å². The van der Waals surface area contributed by atoms with Gasteiger partial charge < -0.3 is 9.73 Å². The fourth-order valence-corrected chi connectivity index (χ4v) is 3.66. The molecule has 1 aliphatic rings. The number of aryl methyl sites for hydroxylation is 1. The minimum absolute atomic E-state index is 0.138. The Labute approximate surface area is 151 Å². The lowest BCUT2D eigenvalue weighted by atomic mass is 9.94. The van der Waals surface area contributed by atoms with Gasteiger partial charge in [0.25, 0.3) is 5.91 Å². The molecule has 0 saturated carbocycles. The van der Waals surface area contributed by atoms with Crippen LogP contribution < -0.4 is 5.32 Å². The summed E-state index contributed by atoms with van der Waals surface area (Å²) in [5.74, 6) is -0.567. The van der Waals surface area contributed by atoms with E-state index in [1.54, 1.807) is 19.1 Å². The van der Waals surface area contributed by atoms with Crippen LogP contribution >= 0.6 is 0 Å². The van der Waals surface area contributed by atoms with Crippen molar-refractivity contribution in [3.63, 3.8) is 0 Å². The first kappa shape index (κ1) is 16.8. The molecule has 0 bridgehead atoms. The number of amides is 1. The summed E-state index contributed by atoms with van der Waals surface area (Å²) in [7, 11) is 2.06. The summed E-state index contributed by atoms with van der Waals surface area (Å²) >= 11 is 0. The van der Waals surface area contributed by atoms with Crippen molar-refractivity contribution in [3.8, 4) is 0 Å². The van der Waals surface area contributed by atoms with Crippen LogP contribution in [0.4, 0.5) is 4.39 Å². The van der Waals surface area contributed by atoms with Crippen LogP contribution in [0, 0.1) is 12.7 Å². The van der Waals surface area contributed by atoms with Gasteiger partial charge in [-0.15, -0.1) is 0 Å². The van der Waals surface area contributed by atoms with E-state index in [1.165, 1.54) is 17.2 Å². The van der Waals surface area contributed by atoms with E-state index in [4.69, 9.17) is 4.42 Å². The highest BCUT2D eigenvalue weighted by Crippen LogP contribution is 2.27. The Morgan fingerprint density at radius 2 is 2.00 bits per heavy atom. The van der Waals surface area contributed by atoms with E-state index in [0.29, 0.717) is 17.5 Å². The van der Waals surface area contributed by atoms with Crippen LogP contribution in [0.2, 0.25) is 0 Å². The van der Waals surface area contributed by atoms with E-state index >= 15 is 0 Å². The van der Waals surface area contributed by atoms with Crippen LogP contribution in [0.5, 0.6) is 0 Å². The van der Waals surface area contributed by atoms with E-state index in [0.717, 1.165) is 13.0 Å². The van der Waals surface area contributed by atoms with Crippen LogP contribution in [-0.2, 0) is 13.0 Å². The normalized spacial score (nSPS) is 17.3. The molecule has 0 fully saturated rings. The van der Waals surface area contributed by atoms with Crippen LogP contribution in [0.1, 0.15) is 27.2 Å². The van der Waals surface area contributed by atoms with Crippen LogP contribution in [-0.4, -0.2) is 30.4 Å². The highest BCUT2D eigenvalue weighted by atomic mass is 19.1. The van der Waals surface area contributed by atoms with Crippen LogP contribution in [0.3, 0.4) is 0 Å². The molecule has 1 aromatic heterocycles. The summed E-state index contributed by atoms with van der Waals surface area (Å²) < 4.78 is 19.4. The second-order valence-corrected chi connectivity index (χ2v) is 6.92. The van der Waals surface area contributed by atoms with Gasteiger partial charge in [0.05, 0.1) is 0 Å². The largest absolute Gasteiger partial charge is 0.448 e. The molecule has 3 aromatic rings. The summed E-state index contributed by atoms with van der Waals surface area (Å²) in [5.41, 5.74) is 3.46. The van der Waals surface area contributed by atoms with E-state index in [-0.39, 0.29) is 23.3 Å². The molecule has 0 unspecified atom stereocenters. The lowest BCUT2D eigenvalue weighted by Crippen LogP contribution is -2.45. The summed E-state index contributed by atoms with van der Waals surface area (Å²) in [6.45, 7) is 3.16. The minimum atomic E-state index is -0.451. The van der Waals surface area contributed by atoms with Gasteiger partial charge in [-0.3, -0.25) is 9.69 Å². The number of hydrogen-bond acceptors (Lipinski definition) is 3. The first-order valence-electron chi connectivity index (χ1n) is 8.77. The van der Waals surface area contributed by atoms with Gasteiger partial charge in [-0.05, 0) is 37.6 Å². The Morgan fingerprint density at radius 1 is 1.23 bits per heavy atom. The lowest BCUT2D eigenvalue weighted by Gasteiger charge is -2.34. The number of furan rings is 1. The third-order valence-electron chi connectivity index (χ3n) is 5.24. The number of carbonyl (C=O) groups is 1. The van der Waals surface area contributed by atoms with Crippen molar-refractivity contribution in [2.75, 3.05) is 13.6 Å². The fraction of sp³-hybridized carbons (Fsp3) is 0.286. The van der Waals surface area contributed by atoms with Gasteiger partial charge in [0, 0.05) is 30.1 Å². The van der Waals surface area contributed by atoms with Crippen molar-refractivity contribution in [2.45, 2.75) is 25.9 Å². The number of benzene rings is 2. The predicted molar refractivity (Wildman–Crippen MR) is 98.6 cm³/mol. The van der Waals surface area contributed by atoms with Crippen molar-refractivity contribution in [1.29, 1.82) is 0 Å². The first-order chi connectivity index (χ1) is 12.5. The highest BCUT2D eigenvalue weighted by molar-refractivity contribution is 5.99. The smallest absolute Gasteiger partial charge is 0.287 e. The monoisotopic (exact) mass is 352 g/mol. The maximum Gasteiger partial charge on any atom is 0.287 e. The second-order valence-electron chi connectivity index (χ2n) is 6.92. The van der Waals surface area contributed by atoms with Crippen molar-refractivity contribution in [3.05, 3.63) is 70.7 Å². The molecule has 1 amide bonds. The number of nitrogens with one attached hydrogen (secondary N) is 1. The average molecular weight is 352 g/mol. The molecular formula is C21H21FN2O2. The number of carbonyl (C=O) groups excluding carboxylic acids is 1. The maximum atomic E-state index is 13.9. The Bertz CT molecular complexity index is 979. The zero-order valence-corrected chi connectivity index (χ0v) is 14.9. The molecule has 2 aromatic carbocycles. The van der Waals surface area contributed by atoms with Crippen LogP contribution in [0.25, 0.3) is 11.0 Å². The standard InChI is InChI=1S/C21H21FN2O2/c1-13-17-8-5-9-18(22)20(17)26-19(13)21(25)23-11-16-10-14-6-3-4-7-15(14)12-24(16)2/h3-9,16H,10-12H2,1-2H3,(H,23,25)/t16-/m1/s1. The maximum absolute atomic E-state index is 13.9. The Hall–Kier alpha value is -2.66. The average Bonchev–Trinajstić information content (AvgIpc) is 2.98. The highest BCUT2D eigenvalue weighted by Gasteiger charge is 2.25. The van der Waals surface area contributed by atoms with Crippen molar-refractivity contribution >= 4 is 16.9 Å². The molecule has 134 valence electrons. The molecule has 0 saturated heterocycles. The summed E-state index contributed by atoms with van der Waals surface area (Å²) in [4.78, 5) is 14.8. The molecule has 5 heteroatoms. The van der Waals surface area contributed by atoms with E-state index < -0.39 is 5.82 Å². The number of rotatable bonds is 3. The first-order valence-corrected chi connectivity index (χ1v) is 8.77. The Balaban J connectivity index is 1.49. The molecule has 0 aliphatic carbocycles. The van der Waals surface area contributed by atoms with Gasteiger partial charge in [-0.2, -0.15) is 0 Å². The molecule has 2 heterocycles. The Kier molecular flexibility index (Phi) is 4.24. The number of halogens is 1. The van der Waals surface area contributed by atoms with Gasteiger partial charge in [0.15, 0.2) is 17.2 Å². The van der Waals surface area contributed by atoms with Gasteiger partial charge in [0.1, 0.15) is 0 Å². The third-order valence-corrected chi connectivity index (χ3v) is 5.24. The molecule has 0 radical (unpaired) electrons.